The van der Waals surface area contributed by atoms with Crippen LogP contribution in [0.2, 0.25) is 0 Å². The molecule has 6 heteroatoms. The molecule has 1 heterocycles. The van der Waals surface area contributed by atoms with Gasteiger partial charge in [0.15, 0.2) is 6.10 Å². The molecule has 0 unspecified atom stereocenters. The number of carbonyl (C=O) groups excluding carboxylic acids is 2. The monoisotopic (exact) mass is 376 g/mol. The molecule has 1 aliphatic rings. The van der Waals surface area contributed by atoms with Crippen LogP contribution in [-0.2, 0) is 20.0 Å². The number of rotatable bonds is 6. The van der Waals surface area contributed by atoms with Crippen molar-refractivity contribution in [1.29, 1.82) is 0 Å². The topological polar surface area (TPSA) is 65.7 Å². The van der Waals surface area contributed by atoms with E-state index in [0.29, 0.717) is 16.6 Å². The van der Waals surface area contributed by atoms with Gasteiger partial charge in [0.1, 0.15) is 5.58 Å². The molecule has 5 nitrogen and oxygen atoms in total. The van der Waals surface area contributed by atoms with Crippen molar-refractivity contribution in [2.75, 3.05) is 7.11 Å². The Morgan fingerprint density at radius 3 is 2.69 bits per heavy atom. The molecule has 2 aromatic rings. The zero-order valence-electron chi connectivity index (χ0n) is 15.2. The Balaban J connectivity index is 1.81. The maximum atomic E-state index is 12.6. The lowest BCUT2D eigenvalue weighted by atomic mass is 10.0. The highest BCUT2D eigenvalue weighted by atomic mass is 32.2. The van der Waals surface area contributed by atoms with Crippen molar-refractivity contribution >= 4 is 34.7 Å². The summed E-state index contributed by atoms with van der Waals surface area (Å²) in [7, 11) is 1.26. The number of furan rings is 1. The average molecular weight is 376 g/mol. The van der Waals surface area contributed by atoms with E-state index in [2.05, 4.69) is 4.74 Å². The van der Waals surface area contributed by atoms with E-state index in [1.165, 1.54) is 46.1 Å². The van der Waals surface area contributed by atoms with Crippen LogP contribution in [0.5, 0.6) is 0 Å². The third-order valence-corrected chi connectivity index (χ3v) is 6.11. The number of hydrogen-bond donors (Lipinski definition) is 0. The maximum Gasteiger partial charge on any atom is 0.375 e. The molecule has 3 rings (SSSR count). The van der Waals surface area contributed by atoms with E-state index in [0.717, 1.165) is 10.9 Å². The minimum atomic E-state index is -0.973. The van der Waals surface area contributed by atoms with E-state index < -0.39 is 18.0 Å². The summed E-state index contributed by atoms with van der Waals surface area (Å²) in [5.74, 6) is -0.338. The van der Waals surface area contributed by atoms with Crippen LogP contribution in [0.25, 0.3) is 11.0 Å². The highest BCUT2D eigenvalue weighted by molar-refractivity contribution is 7.99. The molecule has 0 amide bonds. The normalized spacial score (nSPS) is 16.4. The minimum Gasteiger partial charge on any atom is -0.466 e. The third-order valence-electron chi connectivity index (χ3n) is 4.72. The Kier molecular flexibility index (Phi) is 6.25. The zero-order valence-corrected chi connectivity index (χ0v) is 16.0. The number of hydrogen-bond acceptors (Lipinski definition) is 6. The second-order valence-corrected chi connectivity index (χ2v) is 7.84. The quantitative estimate of drug-likeness (QED) is 0.680. The molecule has 0 N–H and O–H groups in total. The van der Waals surface area contributed by atoms with E-state index in [1.54, 1.807) is 0 Å². The minimum absolute atomic E-state index is 0.185. The number of esters is 2. The highest BCUT2D eigenvalue weighted by Gasteiger charge is 2.27. The van der Waals surface area contributed by atoms with Gasteiger partial charge < -0.3 is 13.9 Å². The summed E-state index contributed by atoms with van der Waals surface area (Å²) in [6.45, 7) is 1.49. The number of benzene rings is 1. The van der Waals surface area contributed by atoms with Gasteiger partial charge in [0.25, 0.3) is 0 Å². The van der Waals surface area contributed by atoms with Crippen LogP contribution < -0.4 is 0 Å². The van der Waals surface area contributed by atoms with Gasteiger partial charge in [-0.1, -0.05) is 37.5 Å². The van der Waals surface area contributed by atoms with Crippen molar-refractivity contribution in [3.8, 4) is 0 Å². The van der Waals surface area contributed by atoms with Crippen LogP contribution in [-0.4, -0.2) is 30.4 Å². The van der Waals surface area contributed by atoms with Crippen molar-refractivity contribution in [1.82, 2.24) is 0 Å². The van der Waals surface area contributed by atoms with Crippen LogP contribution >= 0.6 is 11.8 Å². The molecule has 26 heavy (non-hydrogen) atoms. The van der Waals surface area contributed by atoms with Gasteiger partial charge in [-0.15, -0.1) is 0 Å². The first-order valence-corrected chi connectivity index (χ1v) is 10.1. The number of methoxy groups -OCH3 is 1. The summed E-state index contributed by atoms with van der Waals surface area (Å²) in [5.41, 5.74) is 1.50. The largest absolute Gasteiger partial charge is 0.466 e. The molecular formula is C20H24O5S. The fourth-order valence-electron chi connectivity index (χ4n) is 3.27. The molecule has 0 aliphatic heterocycles. The molecular weight excluding hydrogens is 352 g/mol. The van der Waals surface area contributed by atoms with Gasteiger partial charge in [0.05, 0.1) is 7.11 Å². The van der Waals surface area contributed by atoms with Crippen molar-refractivity contribution in [3.05, 3.63) is 35.6 Å². The summed E-state index contributed by atoms with van der Waals surface area (Å²) in [6, 6.07) is 7.59. The SMILES string of the molecule is COC(=O)[C@H](C)OC(=O)c1oc2ccccc2c1CSC1CCCCC1. The molecule has 0 radical (unpaired) electrons. The van der Waals surface area contributed by atoms with Crippen molar-refractivity contribution in [2.45, 2.75) is 56.1 Å². The number of fused-ring (bicyclic) bond motifs is 1. The van der Waals surface area contributed by atoms with E-state index in [4.69, 9.17) is 9.15 Å². The second-order valence-electron chi connectivity index (χ2n) is 6.55. The zero-order chi connectivity index (χ0) is 18.5. The van der Waals surface area contributed by atoms with Gasteiger partial charge in [-0.25, -0.2) is 9.59 Å². The number of para-hydroxylation sites is 1. The predicted molar refractivity (Wildman–Crippen MR) is 101 cm³/mol. The highest BCUT2D eigenvalue weighted by Crippen LogP contribution is 2.35. The van der Waals surface area contributed by atoms with Crippen molar-refractivity contribution < 1.29 is 23.5 Å². The lowest BCUT2D eigenvalue weighted by molar-refractivity contribution is -0.149. The first kappa shape index (κ1) is 18.8. The van der Waals surface area contributed by atoms with Crippen LogP contribution in [0.15, 0.2) is 28.7 Å². The van der Waals surface area contributed by atoms with E-state index in [-0.39, 0.29) is 5.76 Å². The Morgan fingerprint density at radius 2 is 1.96 bits per heavy atom. The smallest absolute Gasteiger partial charge is 0.375 e. The Bertz CT molecular complexity index is 776. The summed E-state index contributed by atoms with van der Waals surface area (Å²) in [5, 5.41) is 1.55. The van der Waals surface area contributed by atoms with Crippen LogP contribution in [0.3, 0.4) is 0 Å². The molecule has 1 saturated carbocycles. The molecule has 140 valence electrons. The Hall–Kier alpha value is -1.95. The fourth-order valence-corrected chi connectivity index (χ4v) is 4.62. The maximum absolute atomic E-state index is 12.6. The van der Waals surface area contributed by atoms with Crippen LogP contribution in [0.4, 0.5) is 0 Å². The Morgan fingerprint density at radius 1 is 1.23 bits per heavy atom. The van der Waals surface area contributed by atoms with Crippen LogP contribution in [0, 0.1) is 0 Å². The average Bonchev–Trinajstić information content (AvgIpc) is 3.05. The van der Waals surface area contributed by atoms with Crippen molar-refractivity contribution in [2.24, 2.45) is 0 Å². The lowest BCUT2D eigenvalue weighted by Gasteiger charge is -2.20. The molecule has 1 aromatic carbocycles. The van der Waals surface area contributed by atoms with E-state index in [9.17, 15) is 9.59 Å². The molecule has 0 bridgehead atoms. The third kappa shape index (κ3) is 4.23. The molecule has 0 saturated heterocycles. The van der Waals surface area contributed by atoms with Gasteiger partial charge in [-0.05, 0) is 25.8 Å². The molecule has 1 aromatic heterocycles. The summed E-state index contributed by atoms with van der Waals surface area (Å²) in [4.78, 5) is 24.1. The molecule has 0 spiro atoms. The standard InChI is InChI=1S/C20H24O5S/c1-13(19(21)23-2)24-20(22)18-16(12-26-14-8-4-3-5-9-14)15-10-6-7-11-17(15)25-18/h6-7,10-11,13-14H,3-5,8-9,12H2,1-2H3/t13-/m0/s1. The van der Waals surface area contributed by atoms with E-state index in [1.807, 2.05) is 36.0 Å². The summed E-state index contributed by atoms with van der Waals surface area (Å²) < 4.78 is 15.6. The number of carbonyl (C=O) groups is 2. The molecule has 1 fully saturated rings. The van der Waals surface area contributed by atoms with Crippen molar-refractivity contribution in [3.63, 3.8) is 0 Å². The molecule has 1 aliphatic carbocycles. The van der Waals surface area contributed by atoms with Gasteiger partial charge >= 0.3 is 11.9 Å². The Labute approximate surface area is 157 Å². The van der Waals surface area contributed by atoms with Crippen LogP contribution in [0.1, 0.15) is 55.1 Å². The predicted octanol–water partition coefficient (Wildman–Crippen LogP) is 4.72. The van der Waals surface area contributed by atoms with E-state index >= 15 is 0 Å². The molecule has 1 atom stereocenters. The van der Waals surface area contributed by atoms with Gasteiger partial charge in [0, 0.05) is 22.0 Å². The summed E-state index contributed by atoms with van der Waals surface area (Å²) >= 11 is 1.87. The second kappa shape index (κ2) is 8.62. The fraction of sp³-hybridized carbons (Fsp3) is 0.500. The van der Waals surface area contributed by atoms with Gasteiger partial charge in [-0.3, -0.25) is 0 Å². The first-order valence-electron chi connectivity index (χ1n) is 9.01. The van der Waals surface area contributed by atoms with Gasteiger partial charge in [0.2, 0.25) is 5.76 Å². The lowest BCUT2D eigenvalue weighted by Crippen LogP contribution is -2.25. The van der Waals surface area contributed by atoms with Gasteiger partial charge in [-0.2, -0.15) is 11.8 Å². The first-order chi connectivity index (χ1) is 12.6. The number of ether oxygens (including phenoxy) is 2. The summed E-state index contributed by atoms with van der Waals surface area (Å²) in [6.07, 6.45) is 5.33. The number of thioether (sulfide) groups is 1.